The van der Waals surface area contributed by atoms with Gasteiger partial charge in [-0.25, -0.2) is 5.43 Å². The fraction of sp³-hybridized carbons (Fsp3) is 0.211. The van der Waals surface area contributed by atoms with Crippen LogP contribution in [0, 0.1) is 6.92 Å². The molecule has 0 bridgehead atoms. The summed E-state index contributed by atoms with van der Waals surface area (Å²) in [6, 6.07) is 13.6. The van der Waals surface area contributed by atoms with Crippen LogP contribution in [0.3, 0.4) is 0 Å². The minimum absolute atomic E-state index is 0.253. The monoisotopic (exact) mass is 432 g/mol. The highest BCUT2D eigenvalue weighted by atomic mass is 79.9. The van der Waals surface area contributed by atoms with Gasteiger partial charge in [-0.2, -0.15) is 5.10 Å². The van der Waals surface area contributed by atoms with E-state index in [0.29, 0.717) is 6.61 Å². The van der Waals surface area contributed by atoms with Crippen LogP contribution in [0.25, 0.3) is 0 Å². The molecule has 2 amide bonds. The van der Waals surface area contributed by atoms with Gasteiger partial charge in [-0.3, -0.25) is 9.59 Å². The van der Waals surface area contributed by atoms with Crippen molar-refractivity contribution in [2.75, 3.05) is 25.6 Å². The average molecular weight is 433 g/mol. The Balaban J connectivity index is 2.04. The summed E-state index contributed by atoms with van der Waals surface area (Å²) in [4.78, 5) is 23.3. The van der Waals surface area contributed by atoms with Gasteiger partial charge < -0.3 is 15.4 Å². The number of rotatable bonds is 7. The van der Waals surface area contributed by atoms with Crippen molar-refractivity contribution in [3.05, 3.63) is 58.1 Å². The fourth-order valence-electron chi connectivity index (χ4n) is 2.19. The second-order valence-electron chi connectivity index (χ2n) is 5.67. The van der Waals surface area contributed by atoms with E-state index in [9.17, 15) is 9.59 Å². The number of nitrogens with zero attached hydrogens (tertiary/aromatic N) is 1. The molecule has 27 heavy (non-hydrogen) atoms. The maximum absolute atomic E-state index is 11.7. The molecule has 0 saturated carbocycles. The number of hydrazone groups is 1. The lowest BCUT2D eigenvalue weighted by molar-refractivity contribution is -0.139. The van der Waals surface area contributed by atoms with Crippen molar-refractivity contribution in [1.82, 2.24) is 10.7 Å². The predicted octanol–water partition coefficient (Wildman–Crippen LogP) is 2.71. The zero-order chi connectivity index (χ0) is 19.6. The third-order valence-electron chi connectivity index (χ3n) is 3.48. The SMILES string of the molecule is COCCNC(=O)C(=O)N/N=C\c1cc(Br)ccc1Nc1cccc(C)c1. The van der Waals surface area contributed by atoms with E-state index >= 15 is 0 Å². The van der Waals surface area contributed by atoms with Gasteiger partial charge in [-0.05, 0) is 42.8 Å². The van der Waals surface area contributed by atoms with E-state index in [1.54, 1.807) is 0 Å². The van der Waals surface area contributed by atoms with E-state index < -0.39 is 11.8 Å². The van der Waals surface area contributed by atoms with Crippen LogP contribution in [0.1, 0.15) is 11.1 Å². The summed E-state index contributed by atoms with van der Waals surface area (Å²) in [7, 11) is 1.51. The molecule has 2 aromatic rings. The smallest absolute Gasteiger partial charge is 0.329 e. The van der Waals surface area contributed by atoms with Gasteiger partial charge in [0.25, 0.3) is 0 Å². The molecule has 2 aromatic carbocycles. The number of nitrogens with one attached hydrogen (secondary N) is 3. The lowest BCUT2D eigenvalue weighted by Gasteiger charge is -2.10. The highest BCUT2D eigenvalue weighted by Gasteiger charge is 2.11. The van der Waals surface area contributed by atoms with Crippen LogP contribution in [0.4, 0.5) is 11.4 Å². The second kappa shape index (κ2) is 10.4. The first-order chi connectivity index (χ1) is 13.0. The largest absolute Gasteiger partial charge is 0.383 e. The first-order valence-electron chi connectivity index (χ1n) is 8.23. The van der Waals surface area contributed by atoms with E-state index in [1.807, 2.05) is 49.4 Å². The number of halogens is 1. The highest BCUT2D eigenvalue weighted by molar-refractivity contribution is 9.10. The summed E-state index contributed by atoms with van der Waals surface area (Å²) in [5.74, 6) is -1.61. The van der Waals surface area contributed by atoms with Gasteiger partial charge in [-0.15, -0.1) is 0 Å². The van der Waals surface area contributed by atoms with E-state index in [2.05, 4.69) is 37.1 Å². The minimum atomic E-state index is -0.842. The molecule has 0 aliphatic heterocycles. The Bertz CT molecular complexity index is 839. The molecule has 8 heteroatoms. The van der Waals surface area contributed by atoms with Crippen LogP contribution >= 0.6 is 15.9 Å². The summed E-state index contributed by atoms with van der Waals surface area (Å²) in [6.45, 7) is 2.60. The predicted molar refractivity (Wildman–Crippen MR) is 109 cm³/mol. The molecule has 0 unspecified atom stereocenters. The molecule has 7 nitrogen and oxygen atoms in total. The summed E-state index contributed by atoms with van der Waals surface area (Å²) in [6.07, 6.45) is 1.48. The number of carbonyl (C=O) groups excluding carboxylic acids is 2. The number of aryl methyl sites for hydroxylation is 1. The number of amides is 2. The molecule has 0 atom stereocenters. The Hall–Kier alpha value is -2.71. The Morgan fingerprint density at radius 3 is 2.74 bits per heavy atom. The topological polar surface area (TPSA) is 91.8 Å². The fourth-order valence-corrected chi connectivity index (χ4v) is 2.57. The molecule has 0 radical (unpaired) electrons. The molecule has 0 fully saturated rings. The third-order valence-corrected chi connectivity index (χ3v) is 3.97. The van der Waals surface area contributed by atoms with Crippen LogP contribution in [0.5, 0.6) is 0 Å². The first kappa shape index (κ1) is 20.6. The molecule has 142 valence electrons. The molecular formula is C19H21BrN4O3. The van der Waals surface area contributed by atoms with Crippen molar-refractivity contribution >= 4 is 45.3 Å². The standard InChI is InChI=1S/C19H21BrN4O3/c1-13-4-3-5-16(10-13)23-17-7-6-15(20)11-14(17)12-22-24-19(26)18(25)21-8-9-27-2/h3-7,10-12,23H,8-9H2,1-2H3,(H,21,25)(H,24,26)/b22-12-. The van der Waals surface area contributed by atoms with Gasteiger partial charge >= 0.3 is 11.8 Å². The Morgan fingerprint density at radius 1 is 1.19 bits per heavy atom. The number of hydrogen-bond donors (Lipinski definition) is 3. The van der Waals surface area contributed by atoms with Crippen LogP contribution in [-0.2, 0) is 14.3 Å². The van der Waals surface area contributed by atoms with Crippen molar-refractivity contribution in [1.29, 1.82) is 0 Å². The van der Waals surface area contributed by atoms with E-state index in [1.165, 1.54) is 13.3 Å². The van der Waals surface area contributed by atoms with Crippen LogP contribution in [0.2, 0.25) is 0 Å². The molecule has 0 aliphatic carbocycles. The number of hydrogen-bond acceptors (Lipinski definition) is 5. The third kappa shape index (κ3) is 6.84. The van der Waals surface area contributed by atoms with E-state index in [-0.39, 0.29) is 6.54 Å². The zero-order valence-corrected chi connectivity index (χ0v) is 16.7. The van der Waals surface area contributed by atoms with Gasteiger partial charge in [0.1, 0.15) is 0 Å². The van der Waals surface area contributed by atoms with Crippen molar-refractivity contribution in [2.45, 2.75) is 6.92 Å². The van der Waals surface area contributed by atoms with Gasteiger partial charge in [0, 0.05) is 35.1 Å². The number of methoxy groups -OCH3 is 1. The summed E-state index contributed by atoms with van der Waals surface area (Å²) < 4.78 is 5.67. The highest BCUT2D eigenvalue weighted by Crippen LogP contribution is 2.23. The second-order valence-corrected chi connectivity index (χ2v) is 6.59. The van der Waals surface area contributed by atoms with Gasteiger partial charge in [0.2, 0.25) is 0 Å². The van der Waals surface area contributed by atoms with Crippen molar-refractivity contribution in [3.63, 3.8) is 0 Å². The lowest BCUT2D eigenvalue weighted by atomic mass is 10.1. The average Bonchev–Trinajstić information content (AvgIpc) is 2.64. The number of anilines is 2. The first-order valence-corrected chi connectivity index (χ1v) is 9.02. The number of carbonyl (C=O) groups is 2. The van der Waals surface area contributed by atoms with Crippen molar-refractivity contribution in [2.24, 2.45) is 5.10 Å². The normalized spacial score (nSPS) is 10.6. The molecule has 0 saturated heterocycles. The minimum Gasteiger partial charge on any atom is -0.383 e. The Labute approximate surface area is 166 Å². The molecule has 0 heterocycles. The molecule has 0 aromatic heterocycles. The molecule has 0 spiro atoms. The van der Waals surface area contributed by atoms with Crippen LogP contribution in [0.15, 0.2) is 52.0 Å². The van der Waals surface area contributed by atoms with Crippen molar-refractivity contribution in [3.8, 4) is 0 Å². The van der Waals surface area contributed by atoms with Crippen molar-refractivity contribution < 1.29 is 14.3 Å². The van der Waals surface area contributed by atoms with Crippen LogP contribution < -0.4 is 16.1 Å². The van der Waals surface area contributed by atoms with E-state index in [0.717, 1.165) is 27.0 Å². The Kier molecular flexibility index (Phi) is 7.97. The summed E-state index contributed by atoms with van der Waals surface area (Å²) in [5.41, 5.74) is 5.84. The van der Waals surface area contributed by atoms with Gasteiger partial charge in [0.15, 0.2) is 0 Å². The maximum Gasteiger partial charge on any atom is 0.329 e. The van der Waals surface area contributed by atoms with Crippen LogP contribution in [-0.4, -0.2) is 38.3 Å². The number of ether oxygens (including phenoxy) is 1. The summed E-state index contributed by atoms with van der Waals surface area (Å²) in [5, 5.41) is 9.61. The lowest BCUT2D eigenvalue weighted by Crippen LogP contribution is -2.39. The van der Waals surface area contributed by atoms with Gasteiger partial charge in [-0.1, -0.05) is 28.1 Å². The zero-order valence-electron chi connectivity index (χ0n) is 15.1. The van der Waals surface area contributed by atoms with Gasteiger partial charge in [0.05, 0.1) is 12.8 Å². The molecule has 2 rings (SSSR count). The summed E-state index contributed by atoms with van der Waals surface area (Å²) >= 11 is 3.42. The maximum atomic E-state index is 11.7. The number of benzene rings is 2. The molecule has 0 aliphatic rings. The molecular weight excluding hydrogens is 412 g/mol. The Morgan fingerprint density at radius 2 is 2.00 bits per heavy atom. The molecule has 3 N–H and O–H groups in total. The quantitative estimate of drug-likeness (QED) is 0.271. The van der Waals surface area contributed by atoms with E-state index in [4.69, 9.17) is 4.74 Å².